The zero-order valence-corrected chi connectivity index (χ0v) is 16.2. The number of benzene rings is 1. The summed E-state index contributed by atoms with van der Waals surface area (Å²) in [5.41, 5.74) is 2.44. The zero-order chi connectivity index (χ0) is 19.8. The molecule has 0 amide bonds. The van der Waals surface area contributed by atoms with Crippen LogP contribution in [0.25, 0.3) is 11.3 Å². The summed E-state index contributed by atoms with van der Waals surface area (Å²) in [6, 6.07) is 7.66. The van der Waals surface area contributed by atoms with Crippen molar-refractivity contribution in [3.05, 3.63) is 41.6 Å². The van der Waals surface area contributed by atoms with E-state index >= 15 is 0 Å². The highest BCUT2D eigenvalue weighted by Crippen LogP contribution is 2.26. The largest absolute Gasteiger partial charge is 0.478 e. The smallest absolute Gasteiger partial charge is 0.339 e. The van der Waals surface area contributed by atoms with E-state index in [1.807, 2.05) is 31.2 Å². The lowest BCUT2D eigenvalue weighted by Crippen LogP contribution is -2.44. The number of carboxylic acids is 1. The Kier molecular flexibility index (Phi) is 7.30. The molecule has 2 fully saturated rings. The number of hydrogen-bond acceptors (Lipinski definition) is 7. The van der Waals surface area contributed by atoms with E-state index in [9.17, 15) is 9.90 Å². The zero-order valence-electron chi connectivity index (χ0n) is 16.2. The molecule has 2 saturated heterocycles. The quantitative estimate of drug-likeness (QED) is 0.615. The molecule has 3 heterocycles. The summed E-state index contributed by atoms with van der Waals surface area (Å²) in [5.74, 6) is -0.421. The van der Waals surface area contributed by atoms with E-state index in [0.29, 0.717) is 11.6 Å². The van der Waals surface area contributed by atoms with Gasteiger partial charge in [0.1, 0.15) is 5.56 Å². The highest BCUT2D eigenvalue weighted by Gasteiger charge is 2.20. The van der Waals surface area contributed by atoms with Gasteiger partial charge in [0.25, 0.3) is 0 Å². The van der Waals surface area contributed by atoms with Crippen LogP contribution in [0.5, 0.6) is 0 Å². The standard InChI is InChI=1S/C16H18N4O2.C4H10N2/c1-11-4-2-3-5-12(11)14-13(15(21)22)10-18-16(19-14)20-8-6-17-7-9-20;1-2-6-4-3-5-1/h2-5,10,17H,6-9H2,1H3,(H,21,22);5-6H,1-4H2. The van der Waals surface area contributed by atoms with Crippen molar-refractivity contribution in [1.29, 1.82) is 0 Å². The molecule has 28 heavy (non-hydrogen) atoms. The van der Waals surface area contributed by atoms with Crippen molar-refractivity contribution in [3.8, 4) is 11.3 Å². The first-order chi connectivity index (χ1) is 13.7. The van der Waals surface area contributed by atoms with Crippen molar-refractivity contribution < 1.29 is 9.90 Å². The molecule has 0 bridgehead atoms. The van der Waals surface area contributed by atoms with Gasteiger partial charge in [-0.3, -0.25) is 0 Å². The maximum absolute atomic E-state index is 11.5. The van der Waals surface area contributed by atoms with Crippen LogP contribution in [0.3, 0.4) is 0 Å². The Morgan fingerprint density at radius 3 is 2.18 bits per heavy atom. The summed E-state index contributed by atoms with van der Waals surface area (Å²) in [6.07, 6.45) is 1.41. The first-order valence-corrected chi connectivity index (χ1v) is 9.70. The van der Waals surface area contributed by atoms with Crippen LogP contribution in [-0.4, -0.2) is 73.4 Å². The van der Waals surface area contributed by atoms with E-state index in [1.54, 1.807) is 0 Å². The molecule has 8 nitrogen and oxygen atoms in total. The number of carbonyl (C=O) groups is 1. The second-order valence-electron chi connectivity index (χ2n) is 6.79. The van der Waals surface area contributed by atoms with Gasteiger partial charge < -0.3 is 26.0 Å². The molecule has 0 atom stereocenters. The Labute approximate surface area is 165 Å². The Balaban J connectivity index is 0.000000320. The van der Waals surface area contributed by atoms with E-state index in [0.717, 1.165) is 63.5 Å². The molecular formula is C20H28N6O2. The van der Waals surface area contributed by atoms with Gasteiger partial charge >= 0.3 is 5.97 Å². The molecule has 4 N–H and O–H groups in total. The molecule has 0 unspecified atom stereocenters. The van der Waals surface area contributed by atoms with Crippen molar-refractivity contribution in [1.82, 2.24) is 25.9 Å². The van der Waals surface area contributed by atoms with Gasteiger partial charge in [-0.1, -0.05) is 24.3 Å². The van der Waals surface area contributed by atoms with Crippen LogP contribution in [0.4, 0.5) is 5.95 Å². The Hall–Kier alpha value is -2.55. The first-order valence-electron chi connectivity index (χ1n) is 9.70. The summed E-state index contributed by atoms with van der Waals surface area (Å²) in [5, 5.41) is 19.1. The van der Waals surface area contributed by atoms with E-state index in [1.165, 1.54) is 6.20 Å². The fraction of sp³-hybridized carbons (Fsp3) is 0.450. The molecule has 0 radical (unpaired) electrons. The summed E-state index contributed by atoms with van der Waals surface area (Å²) >= 11 is 0. The average molecular weight is 384 g/mol. The van der Waals surface area contributed by atoms with Crippen molar-refractivity contribution in [2.75, 3.05) is 57.3 Å². The van der Waals surface area contributed by atoms with E-state index in [4.69, 9.17) is 0 Å². The third-order valence-electron chi connectivity index (χ3n) is 4.76. The molecule has 8 heteroatoms. The Morgan fingerprint density at radius 2 is 1.61 bits per heavy atom. The highest BCUT2D eigenvalue weighted by molar-refractivity contribution is 5.95. The number of piperazine rings is 2. The number of rotatable bonds is 3. The van der Waals surface area contributed by atoms with Gasteiger partial charge in [0.2, 0.25) is 5.95 Å². The second-order valence-corrected chi connectivity index (χ2v) is 6.79. The number of hydrogen-bond donors (Lipinski definition) is 4. The van der Waals surface area contributed by atoms with Crippen molar-refractivity contribution in [3.63, 3.8) is 0 Å². The third kappa shape index (κ3) is 5.25. The number of aromatic nitrogens is 2. The lowest BCUT2D eigenvalue weighted by atomic mass is 10.0. The van der Waals surface area contributed by atoms with Crippen LogP contribution in [0.15, 0.2) is 30.5 Å². The maximum atomic E-state index is 11.5. The Morgan fingerprint density at radius 1 is 1.00 bits per heavy atom. The lowest BCUT2D eigenvalue weighted by Gasteiger charge is -2.27. The number of carboxylic acid groups (broad SMARTS) is 1. The van der Waals surface area contributed by atoms with Gasteiger partial charge in [-0.15, -0.1) is 0 Å². The summed E-state index contributed by atoms with van der Waals surface area (Å²) in [4.78, 5) is 22.4. The maximum Gasteiger partial charge on any atom is 0.339 e. The SMILES string of the molecule is C1CNCCN1.Cc1ccccc1-c1nc(N2CCNCC2)ncc1C(=O)O. The minimum Gasteiger partial charge on any atom is -0.478 e. The van der Waals surface area contributed by atoms with Crippen LogP contribution < -0.4 is 20.9 Å². The molecular weight excluding hydrogens is 356 g/mol. The van der Waals surface area contributed by atoms with Crippen LogP contribution >= 0.6 is 0 Å². The predicted octanol–water partition coefficient (Wildman–Crippen LogP) is 0.739. The first kappa shape index (κ1) is 20.2. The van der Waals surface area contributed by atoms with E-state index in [-0.39, 0.29) is 5.56 Å². The third-order valence-corrected chi connectivity index (χ3v) is 4.76. The molecule has 1 aromatic heterocycles. The van der Waals surface area contributed by atoms with Crippen LogP contribution in [0, 0.1) is 6.92 Å². The predicted molar refractivity (Wildman–Crippen MR) is 110 cm³/mol. The van der Waals surface area contributed by atoms with E-state index < -0.39 is 5.97 Å². The number of anilines is 1. The number of aromatic carboxylic acids is 1. The lowest BCUT2D eigenvalue weighted by molar-refractivity contribution is 0.0697. The summed E-state index contributed by atoms with van der Waals surface area (Å²) in [7, 11) is 0. The summed E-state index contributed by atoms with van der Waals surface area (Å²) in [6.45, 7) is 9.90. The van der Waals surface area contributed by atoms with Crippen LogP contribution in [0.1, 0.15) is 15.9 Å². The van der Waals surface area contributed by atoms with Gasteiger partial charge in [-0.25, -0.2) is 14.8 Å². The number of aryl methyl sites for hydroxylation is 1. The second kappa shape index (κ2) is 10.1. The van der Waals surface area contributed by atoms with Crippen molar-refractivity contribution in [2.24, 2.45) is 0 Å². The van der Waals surface area contributed by atoms with Crippen molar-refractivity contribution >= 4 is 11.9 Å². The van der Waals surface area contributed by atoms with Gasteiger partial charge in [0.15, 0.2) is 0 Å². The average Bonchev–Trinajstić information content (AvgIpc) is 2.76. The highest BCUT2D eigenvalue weighted by atomic mass is 16.4. The molecule has 0 aliphatic carbocycles. The normalized spacial score (nSPS) is 16.8. The van der Waals surface area contributed by atoms with Crippen LogP contribution in [-0.2, 0) is 0 Å². The molecule has 0 spiro atoms. The van der Waals surface area contributed by atoms with Gasteiger partial charge in [0.05, 0.1) is 5.69 Å². The summed E-state index contributed by atoms with van der Waals surface area (Å²) < 4.78 is 0. The molecule has 2 aliphatic heterocycles. The molecule has 2 aromatic rings. The van der Waals surface area contributed by atoms with Crippen LogP contribution in [0.2, 0.25) is 0 Å². The number of nitrogens with zero attached hydrogens (tertiary/aromatic N) is 3. The van der Waals surface area contributed by atoms with Gasteiger partial charge in [-0.05, 0) is 12.5 Å². The molecule has 4 rings (SSSR count). The molecule has 2 aliphatic rings. The van der Waals surface area contributed by atoms with E-state index in [2.05, 4.69) is 30.8 Å². The number of nitrogens with one attached hydrogen (secondary N) is 3. The Bertz CT molecular complexity index is 777. The molecule has 1 aromatic carbocycles. The topological polar surface area (TPSA) is 102 Å². The molecule has 150 valence electrons. The monoisotopic (exact) mass is 384 g/mol. The fourth-order valence-corrected chi connectivity index (χ4v) is 3.19. The minimum atomic E-state index is -1.01. The fourth-order valence-electron chi connectivity index (χ4n) is 3.19. The van der Waals surface area contributed by atoms with Crippen molar-refractivity contribution in [2.45, 2.75) is 6.92 Å². The van der Waals surface area contributed by atoms with Gasteiger partial charge in [-0.2, -0.15) is 0 Å². The van der Waals surface area contributed by atoms with Gasteiger partial charge in [0, 0.05) is 64.1 Å². The minimum absolute atomic E-state index is 0.133. The molecule has 0 saturated carbocycles.